The van der Waals surface area contributed by atoms with Crippen LogP contribution in [0.3, 0.4) is 0 Å². The minimum atomic E-state index is -0.495. The summed E-state index contributed by atoms with van der Waals surface area (Å²) in [6.07, 6.45) is 18.4. The summed E-state index contributed by atoms with van der Waals surface area (Å²) in [5.41, 5.74) is -0.0389. The van der Waals surface area contributed by atoms with Crippen LogP contribution in [-0.4, -0.2) is 16.1 Å². The van der Waals surface area contributed by atoms with Gasteiger partial charge in [0, 0.05) is 6.42 Å². The third-order valence-electron chi connectivity index (χ3n) is 3.79. The van der Waals surface area contributed by atoms with Crippen LogP contribution in [0.1, 0.15) is 71.1 Å². The Morgan fingerprint density at radius 2 is 1.52 bits per heavy atom. The number of nitro groups is 2. The number of carbonyl (C=O) groups excluding carboxylic acids is 1. The molecular weight excluding hydrogens is 348 g/mol. The molecule has 1 radical (unpaired) electrons. The summed E-state index contributed by atoms with van der Waals surface area (Å²) >= 11 is 0. The van der Waals surface area contributed by atoms with Gasteiger partial charge in [-0.25, -0.2) is 0 Å². The summed E-state index contributed by atoms with van der Waals surface area (Å²) < 4.78 is 0. The van der Waals surface area contributed by atoms with Gasteiger partial charge in [-0.05, 0) is 44.3 Å². The van der Waals surface area contributed by atoms with Crippen molar-refractivity contribution in [2.75, 3.05) is 0 Å². The van der Waals surface area contributed by atoms with Gasteiger partial charge in [-0.15, -0.1) is 0 Å². The summed E-state index contributed by atoms with van der Waals surface area (Å²) in [7, 11) is 0. The van der Waals surface area contributed by atoms with Crippen LogP contribution in [0, 0.1) is 20.2 Å². The molecule has 0 amide bonds. The molecule has 0 fully saturated rings. The maximum Gasteiger partial charge on any atom is 0.246 e. The van der Waals surface area contributed by atoms with Gasteiger partial charge in [0.1, 0.15) is 0 Å². The van der Waals surface area contributed by atoms with Gasteiger partial charge < -0.3 is 0 Å². The lowest BCUT2D eigenvalue weighted by Gasteiger charge is -1.97. The van der Waals surface area contributed by atoms with Crippen molar-refractivity contribution in [2.45, 2.75) is 71.1 Å². The molecule has 0 N–H and O–H groups in total. The number of unbranched alkanes of at least 4 members (excludes halogenated alkanes) is 5. The zero-order valence-corrected chi connectivity index (χ0v) is 16.0. The van der Waals surface area contributed by atoms with Crippen molar-refractivity contribution in [1.29, 1.82) is 0 Å². The summed E-state index contributed by atoms with van der Waals surface area (Å²) in [5, 5.41) is 22.2. The van der Waals surface area contributed by atoms with E-state index < -0.39 is 9.85 Å². The normalized spacial score (nSPS) is 12.8. The maximum atomic E-state index is 11.1. The third kappa shape index (κ3) is 14.3. The molecule has 0 atom stereocenters. The Morgan fingerprint density at radius 3 is 2.15 bits per heavy atom. The first kappa shape index (κ1) is 24.4. The Hall–Kier alpha value is -2.57. The fourth-order valence-electron chi connectivity index (χ4n) is 2.24. The second kappa shape index (κ2) is 16.9. The smallest absolute Gasteiger partial charge is 0.246 e. The molecule has 27 heavy (non-hydrogen) atoms. The molecule has 0 spiro atoms. The van der Waals surface area contributed by atoms with Crippen LogP contribution in [-0.2, 0) is 4.79 Å². The lowest BCUT2D eigenvalue weighted by atomic mass is 10.1. The monoisotopic (exact) mass is 377 g/mol. The van der Waals surface area contributed by atoms with Gasteiger partial charge in [0.25, 0.3) is 0 Å². The summed E-state index contributed by atoms with van der Waals surface area (Å²) in [4.78, 5) is 31.3. The molecular formula is C20H29N2O5. The molecule has 0 rings (SSSR count). The zero-order valence-electron chi connectivity index (χ0n) is 16.0. The summed E-state index contributed by atoms with van der Waals surface area (Å²) in [6.45, 7) is 2.06. The zero-order chi connectivity index (χ0) is 20.3. The van der Waals surface area contributed by atoms with Crippen LogP contribution in [0.2, 0.25) is 0 Å². The highest BCUT2D eigenvalue weighted by atomic mass is 16.6. The number of nitrogens with zero attached hydrogens (tertiary/aromatic N) is 2. The molecule has 7 nitrogen and oxygen atoms in total. The van der Waals surface area contributed by atoms with Crippen molar-refractivity contribution < 1.29 is 14.6 Å². The Kier molecular flexibility index (Phi) is 15.3. The minimum absolute atomic E-state index is 0.00457. The molecule has 0 aromatic carbocycles. The van der Waals surface area contributed by atoms with Crippen LogP contribution < -0.4 is 0 Å². The van der Waals surface area contributed by atoms with E-state index >= 15 is 0 Å². The summed E-state index contributed by atoms with van der Waals surface area (Å²) in [6, 6.07) is 0. The summed E-state index contributed by atoms with van der Waals surface area (Å²) in [5.74, 6) is 0. The van der Waals surface area contributed by atoms with Crippen molar-refractivity contribution in [3.8, 4) is 0 Å². The SMILES string of the molecule is CCCCC/C=C(/C/C=C(/C/C=C/C/C=C/CCC[C]=O)[N+](=O)[O-])[N+](=O)[O-]. The number of allylic oxidation sites excluding steroid dienone is 6. The van der Waals surface area contributed by atoms with Crippen LogP contribution in [0.5, 0.6) is 0 Å². The second-order valence-corrected chi connectivity index (χ2v) is 6.02. The van der Waals surface area contributed by atoms with E-state index in [1.165, 1.54) is 6.08 Å². The van der Waals surface area contributed by atoms with Crippen molar-refractivity contribution >= 4 is 6.29 Å². The number of hydrogen-bond donors (Lipinski definition) is 0. The van der Waals surface area contributed by atoms with E-state index in [1.54, 1.807) is 12.2 Å². The molecule has 0 saturated carbocycles. The average Bonchev–Trinajstić information content (AvgIpc) is 2.63. The predicted molar refractivity (Wildman–Crippen MR) is 106 cm³/mol. The molecule has 0 unspecified atom stereocenters. The first-order valence-corrected chi connectivity index (χ1v) is 9.34. The lowest BCUT2D eigenvalue weighted by molar-refractivity contribution is -0.431. The van der Waals surface area contributed by atoms with Crippen LogP contribution in [0.4, 0.5) is 0 Å². The Bertz CT molecular complexity index is 577. The van der Waals surface area contributed by atoms with Crippen LogP contribution in [0.25, 0.3) is 0 Å². The quantitative estimate of drug-likeness (QED) is 0.154. The molecule has 0 aliphatic rings. The molecule has 0 saturated heterocycles. The molecule has 0 bridgehead atoms. The first-order valence-electron chi connectivity index (χ1n) is 9.34. The highest BCUT2D eigenvalue weighted by molar-refractivity contribution is 5.50. The minimum Gasteiger partial charge on any atom is -0.291 e. The van der Waals surface area contributed by atoms with E-state index in [4.69, 9.17) is 0 Å². The Balaban J connectivity index is 4.54. The first-order chi connectivity index (χ1) is 13.0. The Labute approximate surface area is 160 Å². The van der Waals surface area contributed by atoms with Crippen LogP contribution in [0.15, 0.2) is 47.9 Å². The largest absolute Gasteiger partial charge is 0.291 e. The Morgan fingerprint density at radius 1 is 0.852 bits per heavy atom. The fraction of sp³-hybridized carbons (Fsp3) is 0.550. The molecule has 0 aliphatic carbocycles. The predicted octanol–water partition coefficient (Wildman–Crippen LogP) is 5.45. The van der Waals surface area contributed by atoms with E-state index in [0.717, 1.165) is 32.1 Å². The molecule has 0 aliphatic heterocycles. The number of rotatable bonds is 16. The maximum absolute atomic E-state index is 11.1. The molecule has 0 heterocycles. The van der Waals surface area contributed by atoms with E-state index in [0.29, 0.717) is 19.3 Å². The molecule has 0 aromatic rings. The fourth-order valence-corrected chi connectivity index (χ4v) is 2.24. The van der Waals surface area contributed by atoms with E-state index in [1.807, 2.05) is 24.5 Å². The lowest BCUT2D eigenvalue weighted by Crippen LogP contribution is -2.01. The van der Waals surface area contributed by atoms with E-state index in [2.05, 4.69) is 6.92 Å². The van der Waals surface area contributed by atoms with E-state index in [-0.39, 0.29) is 24.2 Å². The highest BCUT2D eigenvalue weighted by Crippen LogP contribution is 2.13. The van der Waals surface area contributed by atoms with Gasteiger partial charge in [0.05, 0.1) is 22.7 Å². The standard InChI is InChI=1S/C20H29N2O5/c1-2-3-4-11-14-19(21(24)25)16-17-20(22(26)27)15-12-9-7-5-6-8-10-13-18-23/h5-6,9,12,14,17H,2-4,7-8,10-11,13,15-16H2,1H3/b6-5+,12-9+,19-14-,20-17-. The van der Waals surface area contributed by atoms with Gasteiger partial charge in [0.2, 0.25) is 11.4 Å². The molecule has 7 heteroatoms. The molecule has 149 valence electrons. The van der Waals surface area contributed by atoms with Gasteiger partial charge in [-0.1, -0.05) is 44.1 Å². The van der Waals surface area contributed by atoms with Gasteiger partial charge in [-0.3, -0.25) is 25.0 Å². The van der Waals surface area contributed by atoms with Crippen molar-refractivity contribution in [3.63, 3.8) is 0 Å². The molecule has 0 aromatic heterocycles. The van der Waals surface area contributed by atoms with E-state index in [9.17, 15) is 25.0 Å². The highest BCUT2D eigenvalue weighted by Gasteiger charge is 2.13. The van der Waals surface area contributed by atoms with Crippen LogP contribution >= 0.6 is 0 Å². The third-order valence-corrected chi connectivity index (χ3v) is 3.79. The van der Waals surface area contributed by atoms with Gasteiger partial charge in [0.15, 0.2) is 6.29 Å². The number of hydrogen-bond acceptors (Lipinski definition) is 5. The van der Waals surface area contributed by atoms with Gasteiger partial charge in [-0.2, -0.15) is 0 Å². The second-order valence-electron chi connectivity index (χ2n) is 6.02. The van der Waals surface area contributed by atoms with Crippen molar-refractivity contribution in [2.24, 2.45) is 0 Å². The van der Waals surface area contributed by atoms with Crippen molar-refractivity contribution in [1.82, 2.24) is 0 Å². The van der Waals surface area contributed by atoms with Crippen molar-refractivity contribution in [3.05, 3.63) is 68.1 Å². The average molecular weight is 377 g/mol. The topological polar surface area (TPSA) is 103 Å². The van der Waals surface area contributed by atoms with Gasteiger partial charge >= 0.3 is 0 Å².